The van der Waals surface area contributed by atoms with Crippen LogP contribution in [0.2, 0.25) is 0 Å². The number of piperazine rings is 1. The fourth-order valence-electron chi connectivity index (χ4n) is 5.82. The predicted octanol–water partition coefficient (Wildman–Crippen LogP) is 1.58. The number of hydrogen-bond acceptors (Lipinski definition) is 13. The number of nitrogens with one attached hydrogen (secondary N) is 1. The van der Waals surface area contributed by atoms with E-state index < -0.39 is 30.7 Å². The van der Waals surface area contributed by atoms with E-state index in [9.17, 15) is 23.9 Å². The normalized spacial score (nSPS) is 20.6. The van der Waals surface area contributed by atoms with Gasteiger partial charge in [-0.05, 0) is 36.4 Å². The van der Waals surface area contributed by atoms with Crippen LogP contribution in [0.4, 0.5) is 26.2 Å². The summed E-state index contributed by atoms with van der Waals surface area (Å²) in [6.45, 7) is 4.13. The van der Waals surface area contributed by atoms with Gasteiger partial charge in [0.25, 0.3) is 5.91 Å². The number of piperidine rings is 1. The number of amides is 1. The molecule has 1 aromatic carbocycles. The Morgan fingerprint density at radius 3 is 2.62 bits per heavy atom. The van der Waals surface area contributed by atoms with E-state index in [1.165, 1.54) is 12.1 Å². The van der Waals surface area contributed by atoms with Gasteiger partial charge in [-0.1, -0.05) is 0 Å². The molecule has 1 amide bonds. The zero-order valence-corrected chi connectivity index (χ0v) is 25.7. The third-order valence-corrected chi connectivity index (χ3v) is 8.48. The third-order valence-electron chi connectivity index (χ3n) is 8.48. The van der Waals surface area contributed by atoms with Gasteiger partial charge in [0.2, 0.25) is 11.8 Å². The summed E-state index contributed by atoms with van der Waals surface area (Å²) in [4.78, 5) is 30.9. The van der Waals surface area contributed by atoms with Crippen LogP contribution in [-0.2, 0) is 9.53 Å². The van der Waals surface area contributed by atoms with Crippen LogP contribution in [0.1, 0.15) is 12.0 Å². The minimum absolute atomic E-state index is 0.0261. The second-order valence-electron chi connectivity index (χ2n) is 11.5. The molecule has 248 valence electrons. The standard InChI is InChI=1S/C31H35F2N9O5/c1-45-28-23(41-12-10-40(11-13-41)21-16-46-17-21)3-5-26(38-28)39-30-36-8-6-22(37-30)19-2-4-24(20(14-19)15-34)47-25-7-9-42(18-31(25,32)33)29(44)27(35)43/h2-6,8,14,21,25,27,43H,7,9-13,16-18,35H2,1H3,(H,36,37,38,39)/t25-,27-/m1/s1. The minimum Gasteiger partial charge on any atom is -0.483 e. The van der Waals surface area contributed by atoms with Gasteiger partial charge >= 0.3 is 5.92 Å². The number of anilines is 3. The number of methoxy groups -OCH3 is 1. The van der Waals surface area contributed by atoms with Crippen LogP contribution in [-0.4, -0.2) is 120 Å². The van der Waals surface area contributed by atoms with Crippen molar-refractivity contribution in [3.05, 3.63) is 48.2 Å². The lowest BCUT2D eigenvalue weighted by atomic mass is 10.0. The van der Waals surface area contributed by atoms with E-state index in [-0.39, 0.29) is 30.2 Å². The number of likely N-dealkylation sites (tertiary alicyclic amines) is 1. The monoisotopic (exact) mass is 651 g/mol. The molecular weight excluding hydrogens is 616 g/mol. The number of carbonyl (C=O) groups is 1. The molecule has 0 radical (unpaired) electrons. The van der Waals surface area contributed by atoms with Crippen molar-refractivity contribution < 1.29 is 32.9 Å². The van der Waals surface area contributed by atoms with Gasteiger partial charge in [-0.2, -0.15) is 10.2 Å². The molecule has 0 spiro atoms. The van der Waals surface area contributed by atoms with Gasteiger partial charge in [0.1, 0.15) is 23.3 Å². The van der Waals surface area contributed by atoms with Gasteiger partial charge < -0.3 is 34.4 Å². The van der Waals surface area contributed by atoms with Crippen molar-refractivity contribution in [2.24, 2.45) is 5.73 Å². The van der Waals surface area contributed by atoms with E-state index in [2.05, 4.69) is 30.1 Å². The lowest BCUT2D eigenvalue weighted by Gasteiger charge is -2.43. The second-order valence-corrected chi connectivity index (χ2v) is 11.5. The van der Waals surface area contributed by atoms with Crippen molar-refractivity contribution in [1.29, 1.82) is 5.26 Å². The summed E-state index contributed by atoms with van der Waals surface area (Å²) < 4.78 is 46.3. The fourth-order valence-corrected chi connectivity index (χ4v) is 5.82. The fraction of sp³-hybridized carbons (Fsp3) is 0.452. The predicted molar refractivity (Wildman–Crippen MR) is 165 cm³/mol. The van der Waals surface area contributed by atoms with Crippen molar-refractivity contribution >= 4 is 23.4 Å². The highest BCUT2D eigenvalue weighted by Crippen LogP contribution is 2.34. The molecule has 2 atom stereocenters. The number of pyridine rings is 1. The molecule has 5 heterocycles. The molecule has 4 N–H and O–H groups in total. The number of carbonyl (C=O) groups excluding carboxylic acids is 1. The molecule has 0 unspecified atom stereocenters. The molecular formula is C31H35F2N9O5. The van der Waals surface area contributed by atoms with E-state index in [4.69, 9.17) is 19.9 Å². The Balaban J connectivity index is 1.12. The topological polar surface area (TPSA) is 175 Å². The molecule has 3 aliphatic heterocycles. The average molecular weight is 652 g/mol. The van der Waals surface area contributed by atoms with E-state index in [0.717, 1.165) is 50.0 Å². The van der Waals surface area contributed by atoms with Crippen LogP contribution >= 0.6 is 0 Å². The molecule has 3 fully saturated rings. The highest BCUT2D eigenvalue weighted by molar-refractivity contribution is 5.80. The molecule has 6 rings (SSSR count). The van der Waals surface area contributed by atoms with Gasteiger partial charge in [-0.15, -0.1) is 0 Å². The Morgan fingerprint density at radius 2 is 1.96 bits per heavy atom. The quantitative estimate of drug-likeness (QED) is 0.285. The maximum absolute atomic E-state index is 14.9. The number of nitriles is 1. The van der Waals surface area contributed by atoms with Crippen molar-refractivity contribution in [3.63, 3.8) is 0 Å². The molecule has 0 aliphatic carbocycles. The SMILES string of the molecule is COc1nc(Nc2nccc(-c3ccc(O[C@@H]4CCN(C(=O)[C@H](N)O)CC4(F)F)c(C#N)c3)n2)ccc1N1CCN(C2COC2)CC1. The van der Waals surface area contributed by atoms with Crippen LogP contribution in [0.3, 0.4) is 0 Å². The zero-order valence-electron chi connectivity index (χ0n) is 25.7. The maximum Gasteiger partial charge on any atom is 0.301 e. The number of ether oxygens (including phenoxy) is 3. The van der Waals surface area contributed by atoms with Gasteiger partial charge in [-0.3, -0.25) is 15.4 Å². The number of aliphatic hydroxyl groups is 1. The summed E-state index contributed by atoms with van der Waals surface area (Å²) in [5, 5.41) is 22.2. The number of hydrogen-bond donors (Lipinski definition) is 3. The lowest BCUT2D eigenvalue weighted by molar-refractivity contribution is -0.165. The highest BCUT2D eigenvalue weighted by atomic mass is 19.3. The number of benzene rings is 1. The first kappa shape index (κ1) is 32.3. The van der Waals surface area contributed by atoms with Gasteiger partial charge in [0, 0.05) is 50.9 Å². The van der Waals surface area contributed by atoms with Crippen LogP contribution in [0, 0.1) is 11.3 Å². The smallest absolute Gasteiger partial charge is 0.301 e. The first-order chi connectivity index (χ1) is 22.6. The van der Waals surface area contributed by atoms with Gasteiger partial charge in [-0.25, -0.2) is 18.7 Å². The summed E-state index contributed by atoms with van der Waals surface area (Å²) in [7, 11) is 1.58. The molecule has 0 bridgehead atoms. The van der Waals surface area contributed by atoms with Crippen LogP contribution in [0.5, 0.6) is 11.6 Å². The molecule has 2 aromatic heterocycles. The Labute approximate surface area is 269 Å². The lowest BCUT2D eigenvalue weighted by Crippen LogP contribution is -2.58. The first-order valence-electron chi connectivity index (χ1n) is 15.2. The number of nitrogens with two attached hydrogens (primary N) is 1. The van der Waals surface area contributed by atoms with Crippen molar-refractivity contribution in [1.82, 2.24) is 24.8 Å². The Morgan fingerprint density at radius 1 is 1.17 bits per heavy atom. The first-order valence-corrected chi connectivity index (χ1v) is 15.2. The molecule has 3 saturated heterocycles. The average Bonchev–Trinajstić information content (AvgIpc) is 3.05. The summed E-state index contributed by atoms with van der Waals surface area (Å²) >= 11 is 0. The summed E-state index contributed by atoms with van der Waals surface area (Å²) in [6.07, 6.45) is -2.13. The molecule has 3 aliphatic rings. The Bertz CT molecular complexity index is 1640. The van der Waals surface area contributed by atoms with Crippen molar-refractivity contribution in [2.45, 2.75) is 30.7 Å². The number of alkyl halides is 2. The number of aromatic nitrogens is 3. The van der Waals surface area contributed by atoms with Crippen molar-refractivity contribution in [2.75, 3.05) is 69.8 Å². The van der Waals surface area contributed by atoms with E-state index in [1.807, 2.05) is 18.2 Å². The number of rotatable bonds is 9. The number of halogens is 2. The van der Waals surface area contributed by atoms with E-state index in [0.29, 0.717) is 29.0 Å². The minimum atomic E-state index is -3.43. The second kappa shape index (κ2) is 13.6. The molecule has 47 heavy (non-hydrogen) atoms. The molecule has 16 heteroatoms. The molecule has 0 saturated carbocycles. The Kier molecular flexibility index (Phi) is 9.32. The third kappa shape index (κ3) is 7.03. The van der Waals surface area contributed by atoms with Crippen LogP contribution in [0.25, 0.3) is 11.3 Å². The number of aliphatic hydroxyl groups excluding tert-OH is 1. The highest BCUT2D eigenvalue weighted by Gasteiger charge is 2.48. The van der Waals surface area contributed by atoms with Gasteiger partial charge in [0.05, 0.1) is 44.2 Å². The zero-order chi connectivity index (χ0) is 33.1. The van der Waals surface area contributed by atoms with Crippen LogP contribution < -0.4 is 25.4 Å². The largest absolute Gasteiger partial charge is 0.483 e. The molecule has 3 aromatic rings. The summed E-state index contributed by atoms with van der Waals surface area (Å²) in [5.74, 6) is -3.24. The Hall–Kier alpha value is -4.69. The van der Waals surface area contributed by atoms with E-state index in [1.54, 1.807) is 25.4 Å². The molecule has 14 nitrogen and oxygen atoms in total. The van der Waals surface area contributed by atoms with Gasteiger partial charge in [0.15, 0.2) is 12.3 Å². The maximum atomic E-state index is 14.9. The number of nitrogens with zero attached hydrogens (tertiary/aromatic N) is 7. The van der Waals surface area contributed by atoms with Crippen LogP contribution in [0.15, 0.2) is 42.6 Å². The summed E-state index contributed by atoms with van der Waals surface area (Å²) in [6, 6.07) is 12.5. The summed E-state index contributed by atoms with van der Waals surface area (Å²) in [5.41, 5.74) is 7.09. The van der Waals surface area contributed by atoms with Crippen molar-refractivity contribution in [3.8, 4) is 29.0 Å². The van der Waals surface area contributed by atoms with E-state index >= 15 is 0 Å².